The zero-order valence-electron chi connectivity index (χ0n) is 13.4. The Labute approximate surface area is 130 Å². The fourth-order valence-corrected chi connectivity index (χ4v) is 1.45. The Morgan fingerprint density at radius 2 is 1.32 bits per heavy atom. The number of hydrogen-bond acceptors (Lipinski definition) is 9. The lowest BCUT2D eigenvalue weighted by Gasteiger charge is -2.04. The predicted octanol–water partition coefficient (Wildman–Crippen LogP) is 3.99. The first-order chi connectivity index (χ1) is 10.8. The van der Waals surface area contributed by atoms with Crippen LogP contribution in [0.15, 0.2) is 12.3 Å². The summed E-state index contributed by atoms with van der Waals surface area (Å²) in [6.45, 7) is 6.56. The van der Waals surface area contributed by atoms with Crippen LogP contribution in [-0.4, -0.2) is 6.61 Å². The molecule has 0 fully saturated rings. The zero-order valence-corrected chi connectivity index (χ0v) is 13.4. The standard InChI is InChI=1S/C13H26O9/c1-4-11-14-16-18-20-22-21-19-17-15-12-9-7-5-6-8-10-13(2)3/h4,11,13H,5-10,12H2,1-3H3. The van der Waals surface area contributed by atoms with Crippen LogP contribution in [0.1, 0.15) is 59.3 Å². The maximum absolute atomic E-state index is 4.65. The zero-order chi connectivity index (χ0) is 16.3. The molecule has 0 bridgehead atoms. The van der Waals surface area contributed by atoms with E-state index < -0.39 is 0 Å². The normalized spacial score (nSPS) is 11.6. The van der Waals surface area contributed by atoms with Crippen molar-refractivity contribution in [1.29, 1.82) is 0 Å². The van der Waals surface area contributed by atoms with Gasteiger partial charge in [0.1, 0.15) is 6.26 Å². The number of rotatable bonds is 17. The van der Waals surface area contributed by atoms with E-state index in [1.54, 1.807) is 13.0 Å². The molecule has 0 heterocycles. The molecule has 0 unspecified atom stereocenters. The predicted molar refractivity (Wildman–Crippen MR) is 72.0 cm³/mol. The highest BCUT2D eigenvalue weighted by molar-refractivity contribution is 4.62. The molecular formula is C13H26O9. The fourth-order valence-electron chi connectivity index (χ4n) is 1.45. The summed E-state index contributed by atoms with van der Waals surface area (Å²) >= 11 is 0. The Morgan fingerprint density at radius 1 is 0.727 bits per heavy atom. The van der Waals surface area contributed by atoms with Crippen molar-refractivity contribution in [3.8, 4) is 0 Å². The Hall–Kier alpha value is -0.780. The second kappa shape index (κ2) is 18.3. The van der Waals surface area contributed by atoms with Crippen LogP contribution in [0.2, 0.25) is 0 Å². The molecule has 0 amide bonds. The summed E-state index contributed by atoms with van der Waals surface area (Å²) in [5, 5.41) is 27.5. The molecule has 0 aromatic rings. The lowest BCUT2D eigenvalue weighted by Crippen LogP contribution is -2.03. The molecule has 132 valence electrons. The summed E-state index contributed by atoms with van der Waals surface area (Å²) in [6.07, 6.45) is 9.65. The van der Waals surface area contributed by atoms with Crippen LogP contribution >= 0.6 is 0 Å². The smallest absolute Gasteiger partial charge is 0.128 e. The van der Waals surface area contributed by atoms with Crippen molar-refractivity contribution in [3.05, 3.63) is 12.3 Å². The van der Waals surface area contributed by atoms with Gasteiger partial charge in [0.2, 0.25) is 0 Å². The van der Waals surface area contributed by atoms with Crippen molar-refractivity contribution in [3.63, 3.8) is 0 Å². The average Bonchev–Trinajstić information content (AvgIpc) is 2.50. The minimum Gasteiger partial charge on any atom is -0.314 e. The van der Waals surface area contributed by atoms with Crippen molar-refractivity contribution < 1.29 is 45.0 Å². The Morgan fingerprint density at radius 3 is 2.00 bits per heavy atom. The highest BCUT2D eigenvalue weighted by Crippen LogP contribution is 2.10. The van der Waals surface area contributed by atoms with Gasteiger partial charge in [0, 0.05) is 20.2 Å². The maximum Gasteiger partial charge on any atom is 0.128 e. The molecule has 0 aromatic heterocycles. The number of unbranched alkanes of at least 4 members (excludes halogenated alkanes) is 4. The average molecular weight is 326 g/mol. The molecule has 0 saturated carbocycles. The van der Waals surface area contributed by atoms with E-state index in [1.807, 2.05) is 0 Å². The maximum atomic E-state index is 4.65. The summed E-state index contributed by atoms with van der Waals surface area (Å²) in [7, 11) is 0. The van der Waals surface area contributed by atoms with Crippen molar-refractivity contribution in [2.24, 2.45) is 5.92 Å². The van der Waals surface area contributed by atoms with E-state index in [4.69, 9.17) is 0 Å². The third kappa shape index (κ3) is 19.2. The van der Waals surface area contributed by atoms with Crippen molar-refractivity contribution in [2.75, 3.05) is 6.61 Å². The highest BCUT2D eigenvalue weighted by atomic mass is 17.9. The summed E-state index contributed by atoms with van der Waals surface area (Å²) in [4.78, 5) is 8.89. The van der Waals surface area contributed by atoms with Gasteiger partial charge >= 0.3 is 0 Å². The summed E-state index contributed by atoms with van der Waals surface area (Å²) in [6, 6.07) is 0. The number of allylic oxidation sites excluding steroid dienone is 1. The molecule has 0 saturated heterocycles. The van der Waals surface area contributed by atoms with Crippen LogP contribution in [0.3, 0.4) is 0 Å². The van der Waals surface area contributed by atoms with Gasteiger partial charge in [-0.2, -0.15) is 0 Å². The Balaban J connectivity index is 2.97. The fraction of sp³-hybridized carbons (Fsp3) is 0.846. The second-order valence-corrected chi connectivity index (χ2v) is 4.81. The van der Waals surface area contributed by atoms with E-state index in [9.17, 15) is 0 Å². The van der Waals surface area contributed by atoms with Crippen molar-refractivity contribution in [1.82, 2.24) is 0 Å². The Bertz CT molecular complexity index is 236. The summed E-state index contributed by atoms with van der Waals surface area (Å²) < 4.78 is 0. The molecule has 0 radical (unpaired) electrons. The molecule has 9 nitrogen and oxygen atoms in total. The first-order valence-electron chi connectivity index (χ1n) is 7.33. The molecule has 0 aliphatic rings. The molecule has 0 spiro atoms. The van der Waals surface area contributed by atoms with Crippen LogP contribution in [0.25, 0.3) is 0 Å². The quantitative estimate of drug-likeness (QED) is 0.170. The summed E-state index contributed by atoms with van der Waals surface area (Å²) in [5.74, 6) is 0.776. The molecule has 9 heteroatoms. The van der Waals surface area contributed by atoms with Crippen molar-refractivity contribution >= 4 is 0 Å². The lowest BCUT2D eigenvalue weighted by atomic mass is 10.0. The van der Waals surface area contributed by atoms with Crippen LogP contribution < -0.4 is 0 Å². The van der Waals surface area contributed by atoms with E-state index in [2.05, 4.69) is 58.9 Å². The highest BCUT2D eigenvalue weighted by Gasteiger charge is 1.97. The third-order valence-corrected chi connectivity index (χ3v) is 2.45. The van der Waals surface area contributed by atoms with Crippen molar-refractivity contribution in [2.45, 2.75) is 59.3 Å². The van der Waals surface area contributed by atoms with Gasteiger partial charge in [0.15, 0.2) is 0 Å². The van der Waals surface area contributed by atoms with Crippen LogP contribution in [0, 0.1) is 5.92 Å². The van der Waals surface area contributed by atoms with Crippen LogP contribution in [-0.2, 0) is 45.0 Å². The second-order valence-electron chi connectivity index (χ2n) is 4.81. The Kier molecular flexibility index (Phi) is 17.6. The van der Waals surface area contributed by atoms with Crippen LogP contribution in [0.5, 0.6) is 0 Å². The molecule has 22 heavy (non-hydrogen) atoms. The molecule has 0 aliphatic carbocycles. The van der Waals surface area contributed by atoms with Gasteiger partial charge in [-0.3, -0.25) is 0 Å². The molecule has 0 rings (SSSR count). The lowest BCUT2D eigenvalue weighted by molar-refractivity contribution is -0.829. The van der Waals surface area contributed by atoms with Gasteiger partial charge in [-0.15, -0.1) is 0 Å². The van der Waals surface area contributed by atoms with E-state index in [1.165, 1.54) is 31.9 Å². The number of hydrogen-bond donors (Lipinski definition) is 0. The van der Waals surface area contributed by atoms with Gasteiger partial charge in [0.05, 0.1) is 6.61 Å². The van der Waals surface area contributed by atoms with Gasteiger partial charge in [-0.25, -0.2) is 4.89 Å². The summed E-state index contributed by atoms with van der Waals surface area (Å²) in [5.41, 5.74) is 0. The molecule has 0 aromatic carbocycles. The molecule has 0 atom stereocenters. The topological polar surface area (TPSA) is 83.1 Å². The minimum atomic E-state index is 0.380. The third-order valence-electron chi connectivity index (χ3n) is 2.45. The molecule has 0 aliphatic heterocycles. The largest absolute Gasteiger partial charge is 0.314 e. The van der Waals surface area contributed by atoms with E-state index in [0.29, 0.717) is 6.61 Å². The molecule has 0 N–H and O–H groups in total. The van der Waals surface area contributed by atoms with E-state index in [-0.39, 0.29) is 0 Å². The van der Waals surface area contributed by atoms with Crippen LogP contribution in [0.4, 0.5) is 0 Å². The van der Waals surface area contributed by atoms with Gasteiger partial charge in [-0.05, 0) is 40.5 Å². The SMILES string of the molecule is CC=COOOOOOOOOCCCCCCCC(C)C. The minimum absolute atomic E-state index is 0.380. The first-order valence-corrected chi connectivity index (χ1v) is 7.33. The van der Waals surface area contributed by atoms with E-state index in [0.717, 1.165) is 18.8 Å². The van der Waals surface area contributed by atoms with Gasteiger partial charge < -0.3 is 4.89 Å². The van der Waals surface area contributed by atoms with Gasteiger partial charge in [-0.1, -0.05) is 46.0 Å². The van der Waals surface area contributed by atoms with E-state index >= 15 is 0 Å². The van der Waals surface area contributed by atoms with Gasteiger partial charge in [0.25, 0.3) is 0 Å². The first kappa shape index (κ1) is 21.2. The molecular weight excluding hydrogens is 300 g/mol. The monoisotopic (exact) mass is 326 g/mol.